The summed E-state index contributed by atoms with van der Waals surface area (Å²) in [5.74, 6) is 0. The normalized spacial score (nSPS) is 18.3. The van der Waals surface area contributed by atoms with Gasteiger partial charge in [0, 0.05) is 0 Å². The van der Waals surface area contributed by atoms with Gasteiger partial charge in [0.2, 0.25) is 0 Å². The third-order valence-corrected chi connectivity index (χ3v) is 6.70. The van der Waals surface area contributed by atoms with Gasteiger partial charge in [0.25, 0.3) is 0 Å². The number of benzene rings is 2. The zero-order chi connectivity index (χ0) is 23.6. The van der Waals surface area contributed by atoms with E-state index in [-0.39, 0.29) is 36.7 Å². The predicted molar refractivity (Wildman–Crippen MR) is 117 cm³/mol. The number of nitrogens with one attached hydrogen (secondary N) is 1. The molecular formula is C24H28ClF6NO. The van der Waals surface area contributed by atoms with Crippen LogP contribution in [0.25, 0.3) is 0 Å². The molecule has 1 atom stereocenters. The topological polar surface area (TPSA) is 32.3 Å². The summed E-state index contributed by atoms with van der Waals surface area (Å²) >= 11 is 0. The maximum Gasteiger partial charge on any atom is 0.416 e. The number of rotatable bonds is 6. The standard InChI is InChI=1S/C24H27F6NO.ClH/c1-2-22(32,19-9-8-18(23(25,26)27)16-20(19)24(28,29)30)11-10-21(12-14-31-15-13-21)17-6-4-3-5-7-17;/h3-9,16,31-32H,2,10-15H2,1H3;1H. The number of hydrogen-bond acceptors (Lipinski definition) is 2. The number of halogens is 7. The number of piperidine rings is 1. The Balaban J connectivity index is 0.00000385. The second-order valence-corrected chi connectivity index (χ2v) is 8.54. The average molecular weight is 496 g/mol. The highest BCUT2D eigenvalue weighted by Gasteiger charge is 2.44. The lowest BCUT2D eigenvalue weighted by atomic mass is 9.67. The molecule has 1 aliphatic rings. The highest BCUT2D eigenvalue weighted by atomic mass is 35.5. The molecule has 33 heavy (non-hydrogen) atoms. The molecule has 0 spiro atoms. The predicted octanol–water partition coefficient (Wildman–Crippen LogP) is 6.85. The van der Waals surface area contributed by atoms with E-state index in [0.29, 0.717) is 12.5 Å². The van der Waals surface area contributed by atoms with Crippen molar-refractivity contribution in [1.82, 2.24) is 5.32 Å². The molecular weight excluding hydrogens is 468 g/mol. The van der Waals surface area contributed by atoms with Gasteiger partial charge in [-0.3, -0.25) is 0 Å². The summed E-state index contributed by atoms with van der Waals surface area (Å²) in [6, 6.07) is 11.2. The molecule has 1 heterocycles. The zero-order valence-corrected chi connectivity index (χ0v) is 19.0. The molecule has 0 saturated carbocycles. The van der Waals surface area contributed by atoms with Crippen LogP contribution < -0.4 is 5.32 Å². The van der Waals surface area contributed by atoms with Gasteiger partial charge in [0.1, 0.15) is 0 Å². The molecule has 0 bridgehead atoms. The van der Waals surface area contributed by atoms with Crippen LogP contribution in [-0.4, -0.2) is 18.2 Å². The molecule has 2 nitrogen and oxygen atoms in total. The van der Waals surface area contributed by atoms with Crippen molar-refractivity contribution in [3.05, 3.63) is 70.8 Å². The molecule has 1 saturated heterocycles. The SMILES string of the molecule is CCC(O)(CCC1(c2ccccc2)CCNCC1)c1ccc(C(F)(F)F)cc1C(F)(F)F.Cl. The molecule has 0 aliphatic carbocycles. The van der Waals surface area contributed by atoms with E-state index in [4.69, 9.17) is 0 Å². The van der Waals surface area contributed by atoms with Crippen molar-refractivity contribution in [2.75, 3.05) is 13.1 Å². The van der Waals surface area contributed by atoms with Gasteiger partial charge < -0.3 is 10.4 Å². The molecule has 3 rings (SSSR count). The lowest BCUT2D eigenvalue weighted by Crippen LogP contribution is -2.41. The summed E-state index contributed by atoms with van der Waals surface area (Å²) in [7, 11) is 0. The Morgan fingerprint density at radius 2 is 1.48 bits per heavy atom. The van der Waals surface area contributed by atoms with Crippen molar-refractivity contribution < 1.29 is 31.4 Å². The first kappa shape index (κ1) is 27.5. The summed E-state index contributed by atoms with van der Waals surface area (Å²) in [4.78, 5) is 0. The fraction of sp³-hybridized carbons (Fsp3) is 0.500. The second kappa shape index (κ2) is 10.2. The first-order chi connectivity index (χ1) is 14.9. The molecule has 2 N–H and O–H groups in total. The van der Waals surface area contributed by atoms with Crippen molar-refractivity contribution in [2.45, 2.75) is 62.4 Å². The van der Waals surface area contributed by atoms with Gasteiger partial charge in [0.15, 0.2) is 0 Å². The van der Waals surface area contributed by atoms with Crippen molar-refractivity contribution in [3.8, 4) is 0 Å². The number of alkyl halides is 6. The van der Waals surface area contributed by atoms with E-state index in [9.17, 15) is 31.4 Å². The van der Waals surface area contributed by atoms with Gasteiger partial charge in [-0.05, 0) is 73.9 Å². The van der Waals surface area contributed by atoms with Crippen LogP contribution in [0.2, 0.25) is 0 Å². The van der Waals surface area contributed by atoms with E-state index in [1.165, 1.54) is 0 Å². The van der Waals surface area contributed by atoms with Crippen LogP contribution in [0.3, 0.4) is 0 Å². The van der Waals surface area contributed by atoms with Crippen molar-refractivity contribution in [3.63, 3.8) is 0 Å². The van der Waals surface area contributed by atoms with Gasteiger partial charge in [-0.1, -0.05) is 43.3 Å². The quantitative estimate of drug-likeness (QED) is 0.430. The minimum atomic E-state index is -5.02. The van der Waals surface area contributed by atoms with Crippen LogP contribution in [0.4, 0.5) is 26.3 Å². The van der Waals surface area contributed by atoms with Crippen LogP contribution in [0.5, 0.6) is 0 Å². The minimum Gasteiger partial charge on any atom is -0.385 e. The summed E-state index contributed by atoms with van der Waals surface area (Å²) in [6.07, 6.45) is -8.04. The average Bonchev–Trinajstić information content (AvgIpc) is 2.77. The Hall–Kier alpha value is -1.77. The Labute approximate surface area is 195 Å². The van der Waals surface area contributed by atoms with Gasteiger partial charge >= 0.3 is 12.4 Å². The number of aliphatic hydroxyl groups is 1. The van der Waals surface area contributed by atoms with E-state index in [0.717, 1.165) is 37.6 Å². The van der Waals surface area contributed by atoms with Crippen molar-refractivity contribution in [2.24, 2.45) is 0 Å². The summed E-state index contributed by atoms with van der Waals surface area (Å²) < 4.78 is 80.4. The smallest absolute Gasteiger partial charge is 0.385 e. The molecule has 0 aromatic heterocycles. The number of hydrogen-bond donors (Lipinski definition) is 2. The minimum absolute atomic E-state index is 0. The molecule has 9 heteroatoms. The lowest BCUT2D eigenvalue weighted by molar-refractivity contribution is -0.145. The van der Waals surface area contributed by atoms with E-state index >= 15 is 0 Å². The van der Waals surface area contributed by atoms with Gasteiger partial charge in [0.05, 0.1) is 16.7 Å². The van der Waals surface area contributed by atoms with Crippen LogP contribution in [0.1, 0.15) is 61.3 Å². The van der Waals surface area contributed by atoms with E-state index in [2.05, 4.69) is 5.32 Å². The van der Waals surface area contributed by atoms with Crippen molar-refractivity contribution >= 4 is 12.4 Å². The second-order valence-electron chi connectivity index (χ2n) is 8.54. The monoisotopic (exact) mass is 495 g/mol. The van der Waals surface area contributed by atoms with Crippen molar-refractivity contribution in [1.29, 1.82) is 0 Å². The molecule has 0 radical (unpaired) electrons. The maximum atomic E-state index is 13.7. The fourth-order valence-corrected chi connectivity index (χ4v) is 4.69. The Kier molecular flexibility index (Phi) is 8.52. The van der Waals surface area contributed by atoms with E-state index in [1.54, 1.807) is 6.92 Å². The Bertz CT molecular complexity index is 909. The molecule has 2 aromatic rings. The lowest BCUT2D eigenvalue weighted by Gasteiger charge is -2.41. The fourth-order valence-electron chi connectivity index (χ4n) is 4.69. The van der Waals surface area contributed by atoms with Gasteiger partial charge in [-0.25, -0.2) is 0 Å². The van der Waals surface area contributed by atoms with Crippen LogP contribution in [0, 0.1) is 0 Å². The molecule has 184 valence electrons. The van der Waals surface area contributed by atoms with Crippen LogP contribution in [-0.2, 0) is 23.4 Å². The van der Waals surface area contributed by atoms with Gasteiger partial charge in [-0.2, -0.15) is 26.3 Å². The first-order valence-corrected chi connectivity index (χ1v) is 10.7. The summed E-state index contributed by atoms with van der Waals surface area (Å²) in [5.41, 5.74) is -4.48. The summed E-state index contributed by atoms with van der Waals surface area (Å²) in [6.45, 7) is 3.04. The van der Waals surface area contributed by atoms with E-state index in [1.807, 2.05) is 30.3 Å². The Morgan fingerprint density at radius 3 is 2.00 bits per heavy atom. The summed E-state index contributed by atoms with van der Waals surface area (Å²) in [5, 5.41) is 14.6. The maximum absolute atomic E-state index is 13.7. The highest BCUT2D eigenvalue weighted by molar-refractivity contribution is 5.85. The third-order valence-electron chi connectivity index (χ3n) is 6.70. The van der Waals surface area contributed by atoms with Crippen LogP contribution >= 0.6 is 12.4 Å². The zero-order valence-electron chi connectivity index (χ0n) is 18.2. The molecule has 1 unspecified atom stereocenters. The first-order valence-electron chi connectivity index (χ1n) is 10.7. The Morgan fingerprint density at radius 1 is 0.879 bits per heavy atom. The molecule has 0 amide bonds. The third kappa shape index (κ3) is 6.03. The molecule has 1 fully saturated rings. The van der Waals surface area contributed by atoms with Crippen LogP contribution in [0.15, 0.2) is 48.5 Å². The molecule has 1 aliphatic heterocycles. The highest BCUT2D eigenvalue weighted by Crippen LogP contribution is 2.46. The largest absolute Gasteiger partial charge is 0.416 e. The van der Waals surface area contributed by atoms with Gasteiger partial charge in [-0.15, -0.1) is 12.4 Å². The molecule has 2 aromatic carbocycles. The van der Waals surface area contributed by atoms with E-state index < -0.39 is 34.6 Å².